The number of anilines is 2. The predicted molar refractivity (Wildman–Crippen MR) is 75.5 cm³/mol. The largest absolute Gasteiger partial charge is 0.395 e. The van der Waals surface area contributed by atoms with Crippen molar-refractivity contribution in [2.24, 2.45) is 0 Å². The minimum Gasteiger partial charge on any atom is -0.395 e. The number of carbonyl (C=O) groups excluding carboxylic acids is 1. The molecule has 6 heteroatoms. The molecule has 1 aromatic rings. The van der Waals surface area contributed by atoms with Crippen LogP contribution in [0.2, 0.25) is 0 Å². The van der Waals surface area contributed by atoms with Gasteiger partial charge in [-0.05, 0) is 24.3 Å². The van der Waals surface area contributed by atoms with Gasteiger partial charge in [-0.2, -0.15) is 0 Å². The minimum atomic E-state index is -0.333. The van der Waals surface area contributed by atoms with E-state index in [0.29, 0.717) is 5.69 Å². The summed E-state index contributed by atoms with van der Waals surface area (Å²) in [6.45, 7) is 0.129. The Morgan fingerprint density at radius 3 is 2.05 bits per heavy atom. The molecule has 0 saturated carbocycles. The topological polar surface area (TPSA) is 76.0 Å². The van der Waals surface area contributed by atoms with Gasteiger partial charge in [0.05, 0.1) is 13.2 Å². The molecule has 106 valence electrons. The summed E-state index contributed by atoms with van der Waals surface area (Å²) in [5.74, 6) is 0. The highest BCUT2D eigenvalue weighted by atomic mass is 16.3. The summed E-state index contributed by atoms with van der Waals surface area (Å²) in [5, 5.41) is 20.5. The summed E-state index contributed by atoms with van der Waals surface area (Å²) in [7, 11) is 3.88. The Morgan fingerprint density at radius 1 is 1.11 bits per heavy atom. The minimum absolute atomic E-state index is 0.132. The van der Waals surface area contributed by atoms with Gasteiger partial charge in [-0.15, -0.1) is 0 Å². The number of urea groups is 1. The summed E-state index contributed by atoms with van der Waals surface area (Å²) in [6, 6.07) is 7.09. The number of aliphatic hydroxyl groups is 2. The molecular weight excluding hydrogens is 246 g/mol. The van der Waals surface area contributed by atoms with Crippen LogP contribution in [0.1, 0.15) is 0 Å². The quantitative estimate of drug-likeness (QED) is 0.704. The average Bonchev–Trinajstić information content (AvgIpc) is 2.39. The Balaban J connectivity index is 2.64. The van der Waals surface area contributed by atoms with Gasteiger partial charge in [-0.25, -0.2) is 4.79 Å². The SMILES string of the molecule is CN(C)c1ccc(NC(=O)N(CCO)CCO)cc1. The van der Waals surface area contributed by atoms with Gasteiger partial charge in [-0.3, -0.25) is 0 Å². The zero-order chi connectivity index (χ0) is 14.3. The number of rotatable bonds is 6. The molecule has 0 saturated heterocycles. The molecule has 0 fully saturated rings. The van der Waals surface area contributed by atoms with Gasteiger partial charge in [0.2, 0.25) is 0 Å². The van der Waals surface area contributed by atoms with Crippen LogP contribution >= 0.6 is 0 Å². The lowest BCUT2D eigenvalue weighted by Gasteiger charge is -2.21. The number of hydrogen-bond acceptors (Lipinski definition) is 4. The number of nitrogens with one attached hydrogen (secondary N) is 1. The molecule has 0 atom stereocenters. The molecule has 1 rings (SSSR count). The number of aliphatic hydroxyl groups excluding tert-OH is 2. The highest BCUT2D eigenvalue weighted by molar-refractivity contribution is 5.89. The van der Waals surface area contributed by atoms with Crippen molar-refractivity contribution < 1.29 is 15.0 Å². The lowest BCUT2D eigenvalue weighted by molar-refractivity contribution is 0.167. The van der Waals surface area contributed by atoms with Gasteiger partial charge < -0.3 is 25.3 Å². The van der Waals surface area contributed by atoms with Crippen LogP contribution in [0.5, 0.6) is 0 Å². The summed E-state index contributed by atoms with van der Waals surface area (Å²) in [5.41, 5.74) is 1.72. The number of amides is 2. The standard InChI is InChI=1S/C13H21N3O3/c1-15(2)12-5-3-11(4-6-12)14-13(19)16(7-9-17)8-10-18/h3-6,17-18H,7-10H2,1-2H3,(H,14,19). The summed E-state index contributed by atoms with van der Waals surface area (Å²) >= 11 is 0. The van der Waals surface area contributed by atoms with E-state index in [1.165, 1.54) is 4.90 Å². The normalized spacial score (nSPS) is 10.1. The fourth-order valence-electron chi connectivity index (χ4n) is 1.60. The first-order chi connectivity index (χ1) is 9.08. The van der Waals surface area contributed by atoms with Crippen LogP contribution < -0.4 is 10.2 Å². The first kappa shape index (κ1) is 15.3. The van der Waals surface area contributed by atoms with Crippen molar-refractivity contribution >= 4 is 17.4 Å². The lowest BCUT2D eigenvalue weighted by atomic mass is 10.2. The van der Waals surface area contributed by atoms with Crippen molar-refractivity contribution in [1.29, 1.82) is 0 Å². The summed E-state index contributed by atoms with van der Waals surface area (Å²) in [4.78, 5) is 15.2. The van der Waals surface area contributed by atoms with Crippen LogP contribution in [-0.2, 0) is 0 Å². The summed E-state index contributed by atoms with van der Waals surface area (Å²) in [6.07, 6.45) is 0. The van der Waals surface area contributed by atoms with Gasteiger partial charge >= 0.3 is 6.03 Å². The van der Waals surface area contributed by atoms with Crippen LogP contribution in [0.15, 0.2) is 24.3 Å². The van der Waals surface area contributed by atoms with E-state index in [1.807, 2.05) is 43.3 Å². The molecule has 6 nitrogen and oxygen atoms in total. The molecule has 1 aromatic carbocycles. The molecule has 2 amide bonds. The fourth-order valence-corrected chi connectivity index (χ4v) is 1.60. The molecular formula is C13H21N3O3. The molecule has 3 N–H and O–H groups in total. The van der Waals surface area contributed by atoms with Gasteiger partial charge in [0, 0.05) is 38.6 Å². The number of carbonyl (C=O) groups is 1. The zero-order valence-electron chi connectivity index (χ0n) is 11.3. The van der Waals surface area contributed by atoms with E-state index in [0.717, 1.165) is 5.69 Å². The zero-order valence-corrected chi connectivity index (χ0v) is 11.3. The molecule has 0 aliphatic carbocycles. The second-order valence-corrected chi connectivity index (χ2v) is 4.31. The Labute approximate surface area is 113 Å². The third kappa shape index (κ3) is 4.76. The Hall–Kier alpha value is -1.79. The molecule has 19 heavy (non-hydrogen) atoms. The molecule has 0 aromatic heterocycles. The Morgan fingerprint density at radius 2 is 1.63 bits per heavy atom. The summed E-state index contributed by atoms with van der Waals surface area (Å²) < 4.78 is 0. The van der Waals surface area contributed by atoms with E-state index < -0.39 is 0 Å². The second kappa shape index (κ2) is 7.60. The van der Waals surface area contributed by atoms with E-state index in [9.17, 15) is 4.79 Å². The van der Waals surface area contributed by atoms with Crippen LogP contribution in [-0.4, -0.2) is 61.5 Å². The van der Waals surface area contributed by atoms with Gasteiger partial charge in [0.25, 0.3) is 0 Å². The maximum Gasteiger partial charge on any atom is 0.321 e. The van der Waals surface area contributed by atoms with E-state index in [-0.39, 0.29) is 32.3 Å². The number of benzene rings is 1. The van der Waals surface area contributed by atoms with Crippen molar-refractivity contribution in [3.63, 3.8) is 0 Å². The second-order valence-electron chi connectivity index (χ2n) is 4.31. The molecule has 0 bridgehead atoms. The van der Waals surface area contributed by atoms with Crippen molar-refractivity contribution in [2.75, 3.05) is 50.6 Å². The van der Waals surface area contributed by atoms with Crippen LogP contribution in [0.4, 0.5) is 16.2 Å². The monoisotopic (exact) mass is 267 g/mol. The molecule has 0 unspecified atom stereocenters. The first-order valence-corrected chi connectivity index (χ1v) is 6.13. The van der Waals surface area contributed by atoms with E-state index >= 15 is 0 Å². The number of hydrogen-bond donors (Lipinski definition) is 3. The van der Waals surface area contributed by atoms with Gasteiger partial charge in [0.1, 0.15) is 0 Å². The lowest BCUT2D eigenvalue weighted by Crippen LogP contribution is -2.38. The molecule has 0 aliphatic heterocycles. The molecule has 0 spiro atoms. The molecule has 0 heterocycles. The highest BCUT2D eigenvalue weighted by Crippen LogP contribution is 2.15. The predicted octanol–water partition coefficient (Wildman–Crippen LogP) is 0.571. The van der Waals surface area contributed by atoms with E-state index in [2.05, 4.69) is 5.32 Å². The Kier molecular flexibility index (Phi) is 6.11. The van der Waals surface area contributed by atoms with Crippen LogP contribution in [0, 0.1) is 0 Å². The Bertz CT molecular complexity index is 387. The number of nitrogens with zero attached hydrogens (tertiary/aromatic N) is 2. The first-order valence-electron chi connectivity index (χ1n) is 6.13. The average molecular weight is 267 g/mol. The maximum absolute atomic E-state index is 11.9. The van der Waals surface area contributed by atoms with Gasteiger partial charge in [-0.1, -0.05) is 0 Å². The molecule has 0 radical (unpaired) electrons. The van der Waals surface area contributed by atoms with Crippen molar-refractivity contribution in [1.82, 2.24) is 4.90 Å². The smallest absolute Gasteiger partial charge is 0.321 e. The fraction of sp³-hybridized carbons (Fsp3) is 0.462. The third-order valence-electron chi connectivity index (χ3n) is 2.66. The van der Waals surface area contributed by atoms with E-state index in [4.69, 9.17) is 10.2 Å². The van der Waals surface area contributed by atoms with Crippen molar-refractivity contribution in [2.45, 2.75) is 0 Å². The van der Waals surface area contributed by atoms with Gasteiger partial charge in [0.15, 0.2) is 0 Å². The van der Waals surface area contributed by atoms with Crippen molar-refractivity contribution in [3.8, 4) is 0 Å². The highest BCUT2D eigenvalue weighted by Gasteiger charge is 2.12. The van der Waals surface area contributed by atoms with Crippen LogP contribution in [0.3, 0.4) is 0 Å². The molecule has 0 aliphatic rings. The third-order valence-corrected chi connectivity index (χ3v) is 2.66. The van der Waals surface area contributed by atoms with Crippen LogP contribution in [0.25, 0.3) is 0 Å². The van der Waals surface area contributed by atoms with E-state index in [1.54, 1.807) is 0 Å². The maximum atomic E-state index is 11.9. The van der Waals surface area contributed by atoms with Crippen molar-refractivity contribution in [3.05, 3.63) is 24.3 Å².